The van der Waals surface area contributed by atoms with Crippen molar-refractivity contribution >= 4 is 18.6 Å². The maximum absolute atomic E-state index is 10.9. The third kappa shape index (κ3) is 1.88. The smallest absolute Gasteiger partial charge is 0.337 e. The third-order valence-corrected chi connectivity index (χ3v) is 2.18. The minimum Gasteiger partial charge on any atom is -0.478 e. The quantitative estimate of drug-likeness (QED) is 0.730. The second kappa shape index (κ2) is 4.16. The van der Waals surface area contributed by atoms with Crippen molar-refractivity contribution in [3.8, 4) is 6.07 Å². The summed E-state index contributed by atoms with van der Waals surface area (Å²) in [6, 6.07) is 5.00. The molecule has 1 N–H and O–H groups in total. The Bertz CT molecular complexity index is 421. The molecule has 0 aromatic heterocycles. The summed E-state index contributed by atoms with van der Waals surface area (Å²) in [5.41, 5.74) is 0.899. The largest absolute Gasteiger partial charge is 0.478 e. The van der Waals surface area contributed by atoms with E-state index in [0.717, 1.165) is 0 Å². The number of rotatable bonds is 2. The predicted octanol–water partition coefficient (Wildman–Crippen LogP) is 2.11. The van der Waals surface area contributed by atoms with Gasteiger partial charge in [0.15, 0.2) is 0 Å². The van der Waals surface area contributed by atoms with Gasteiger partial charge in [0.25, 0.3) is 0 Å². The Hall–Kier alpha value is -1.47. The Balaban J connectivity index is 3.50. The Morgan fingerprint density at radius 3 is 2.71 bits per heavy atom. The van der Waals surface area contributed by atoms with Crippen LogP contribution in [-0.2, 0) is 6.42 Å². The average Bonchev–Trinajstić information content (AvgIpc) is 2.15. The second-order valence-corrected chi connectivity index (χ2v) is 3.31. The normalized spacial score (nSPS) is 9.50. The van der Waals surface area contributed by atoms with Gasteiger partial charge in [-0.05, 0) is 24.1 Å². The van der Waals surface area contributed by atoms with Crippen molar-refractivity contribution in [1.82, 2.24) is 0 Å². The van der Waals surface area contributed by atoms with Crippen molar-refractivity contribution in [1.29, 1.82) is 5.26 Å². The minimum absolute atomic E-state index is 0.0906. The van der Waals surface area contributed by atoms with E-state index in [2.05, 4.69) is 12.6 Å². The maximum atomic E-state index is 10.9. The van der Waals surface area contributed by atoms with Crippen LogP contribution in [0, 0.1) is 11.3 Å². The van der Waals surface area contributed by atoms with Crippen LogP contribution in [0.25, 0.3) is 0 Å². The molecular weight excluding hydrogens is 198 g/mol. The van der Waals surface area contributed by atoms with Crippen LogP contribution in [-0.4, -0.2) is 11.1 Å². The van der Waals surface area contributed by atoms with Gasteiger partial charge in [-0.1, -0.05) is 6.92 Å². The summed E-state index contributed by atoms with van der Waals surface area (Å²) in [4.78, 5) is 11.5. The van der Waals surface area contributed by atoms with E-state index >= 15 is 0 Å². The number of benzene rings is 1. The van der Waals surface area contributed by atoms with E-state index in [-0.39, 0.29) is 11.1 Å². The lowest BCUT2D eigenvalue weighted by Crippen LogP contribution is -2.05. The Morgan fingerprint density at radius 2 is 2.29 bits per heavy atom. The van der Waals surface area contributed by atoms with E-state index in [4.69, 9.17) is 10.4 Å². The van der Waals surface area contributed by atoms with Crippen molar-refractivity contribution in [3.05, 3.63) is 28.8 Å². The van der Waals surface area contributed by atoms with Crippen LogP contribution in [0.2, 0.25) is 0 Å². The van der Waals surface area contributed by atoms with Gasteiger partial charge in [0.2, 0.25) is 0 Å². The van der Waals surface area contributed by atoms with E-state index in [1.54, 1.807) is 6.07 Å². The van der Waals surface area contributed by atoms with E-state index in [1.807, 2.05) is 13.0 Å². The van der Waals surface area contributed by atoms with Gasteiger partial charge >= 0.3 is 5.97 Å². The lowest BCUT2D eigenvalue weighted by molar-refractivity contribution is 0.0695. The van der Waals surface area contributed by atoms with Crippen molar-refractivity contribution in [2.75, 3.05) is 0 Å². The molecule has 4 heteroatoms. The SMILES string of the molecule is CCc1cc(S)cc(C#N)c1C(=O)O. The number of carbonyl (C=O) groups is 1. The van der Waals surface area contributed by atoms with Crippen molar-refractivity contribution < 1.29 is 9.90 Å². The number of carboxylic acid groups (broad SMARTS) is 1. The lowest BCUT2D eigenvalue weighted by Gasteiger charge is -2.06. The monoisotopic (exact) mass is 207 g/mol. The summed E-state index contributed by atoms with van der Waals surface area (Å²) >= 11 is 4.10. The fraction of sp³-hybridized carbons (Fsp3) is 0.200. The van der Waals surface area contributed by atoms with Gasteiger partial charge in [0.1, 0.15) is 6.07 Å². The number of thiol groups is 1. The van der Waals surface area contributed by atoms with Gasteiger partial charge in [-0.2, -0.15) is 5.26 Å². The van der Waals surface area contributed by atoms with Crippen molar-refractivity contribution in [2.45, 2.75) is 18.2 Å². The fourth-order valence-corrected chi connectivity index (χ4v) is 1.59. The molecule has 0 aliphatic heterocycles. The number of hydrogen-bond acceptors (Lipinski definition) is 3. The Morgan fingerprint density at radius 1 is 1.64 bits per heavy atom. The molecule has 0 bridgehead atoms. The third-order valence-electron chi connectivity index (χ3n) is 1.92. The number of nitrogens with zero attached hydrogens (tertiary/aromatic N) is 1. The fourth-order valence-electron chi connectivity index (χ4n) is 1.30. The highest BCUT2D eigenvalue weighted by molar-refractivity contribution is 7.80. The summed E-state index contributed by atoms with van der Waals surface area (Å²) in [6.45, 7) is 1.84. The molecule has 0 heterocycles. The predicted molar refractivity (Wildman–Crippen MR) is 54.7 cm³/mol. The molecule has 3 nitrogen and oxygen atoms in total. The summed E-state index contributed by atoms with van der Waals surface area (Å²) in [5.74, 6) is -1.06. The first-order valence-electron chi connectivity index (χ1n) is 4.09. The zero-order chi connectivity index (χ0) is 10.7. The summed E-state index contributed by atoms with van der Waals surface area (Å²) in [6.07, 6.45) is 0.574. The first-order chi connectivity index (χ1) is 6.60. The molecule has 0 aliphatic carbocycles. The molecule has 1 aromatic rings. The van der Waals surface area contributed by atoms with E-state index in [1.165, 1.54) is 6.07 Å². The van der Waals surface area contributed by atoms with Gasteiger partial charge in [-0.25, -0.2) is 4.79 Å². The van der Waals surface area contributed by atoms with E-state index < -0.39 is 5.97 Å². The molecule has 0 fully saturated rings. The number of aromatic carboxylic acids is 1. The summed E-state index contributed by atoms with van der Waals surface area (Å²) < 4.78 is 0. The van der Waals surface area contributed by atoms with Gasteiger partial charge in [0, 0.05) is 4.90 Å². The molecule has 14 heavy (non-hydrogen) atoms. The molecule has 0 atom stereocenters. The molecule has 0 radical (unpaired) electrons. The molecule has 1 rings (SSSR count). The first-order valence-corrected chi connectivity index (χ1v) is 4.54. The minimum atomic E-state index is -1.06. The van der Waals surface area contributed by atoms with Crippen LogP contribution < -0.4 is 0 Å². The van der Waals surface area contributed by atoms with Gasteiger partial charge in [-0.3, -0.25) is 0 Å². The van der Waals surface area contributed by atoms with Crippen molar-refractivity contribution in [2.24, 2.45) is 0 Å². The van der Waals surface area contributed by atoms with Gasteiger partial charge < -0.3 is 5.11 Å². The molecule has 0 saturated carbocycles. The number of carboxylic acids is 1. The molecule has 0 saturated heterocycles. The molecule has 0 unspecified atom stereocenters. The van der Waals surface area contributed by atoms with Gasteiger partial charge in [0.05, 0.1) is 11.1 Å². The molecule has 0 amide bonds. The highest BCUT2D eigenvalue weighted by Gasteiger charge is 2.15. The van der Waals surface area contributed by atoms with Crippen LogP contribution in [0.5, 0.6) is 0 Å². The first kappa shape index (κ1) is 10.6. The van der Waals surface area contributed by atoms with E-state index in [0.29, 0.717) is 16.9 Å². The van der Waals surface area contributed by atoms with Crippen LogP contribution in [0.3, 0.4) is 0 Å². The molecular formula is C10H9NO2S. The second-order valence-electron chi connectivity index (χ2n) is 2.80. The van der Waals surface area contributed by atoms with Crippen LogP contribution in [0.15, 0.2) is 17.0 Å². The number of aryl methyl sites for hydroxylation is 1. The van der Waals surface area contributed by atoms with Crippen LogP contribution in [0.1, 0.15) is 28.4 Å². The maximum Gasteiger partial charge on any atom is 0.337 e. The number of hydrogen-bond donors (Lipinski definition) is 2. The Labute approximate surface area is 87.4 Å². The standard InChI is InChI=1S/C10H9NO2S/c1-2-6-3-8(14)4-7(5-11)9(6)10(12)13/h3-4,14H,2H2,1H3,(H,12,13). The summed E-state index contributed by atoms with van der Waals surface area (Å²) in [7, 11) is 0. The zero-order valence-electron chi connectivity index (χ0n) is 7.61. The average molecular weight is 207 g/mol. The molecule has 1 aromatic carbocycles. The zero-order valence-corrected chi connectivity index (χ0v) is 8.51. The molecule has 72 valence electrons. The highest BCUT2D eigenvalue weighted by atomic mass is 32.1. The lowest BCUT2D eigenvalue weighted by atomic mass is 10.00. The van der Waals surface area contributed by atoms with Gasteiger partial charge in [-0.15, -0.1) is 12.6 Å². The topological polar surface area (TPSA) is 61.1 Å². The molecule has 0 spiro atoms. The number of nitriles is 1. The summed E-state index contributed by atoms with van der Waals surface area (Å²) in [5, 5.41) is 17.7. The van der Waals surface area contributed by atoms with Crippen LogP contribution >= 0.6 is 12.6 Å². The highest BCUT2D eigenvalue weighted by Crippen LogP contribution is 2.20. The van der Waals surface area contributed by atoms with Crippen LogP contribution in [0.4, 0.5) is 0 Å². The Kier molecular flexibility index (Phi) is 3.15. The molecule has 0 aliphatic rings. The van der Waals surface area contributed by atoms with Crippen molar-refractivity contribution in [3.63, 3.8) is 0 Å². The van der Waals surface area contributed by atoms with E-state index in [9.17, 15) is 4.79 Å².